The summed E-state index contributed by atoms with van der Waals surface area (Å²) in [6.45, 7) is 5.48. The first-order valence-electron chi connectivity index (χ1n) is 7.91. The highest BCUT2D eigenvalue weighted by atomic mass is 16.5. The first-order valence-corrected chi connectivity index (χ1v) is 7.91. The minimum Gasteiger partial charge on any atom is -0.379 e. The maximum Gasteiger partial charge on any atom is 0.150 e. The molecule has 1 saturated heterocycles. The Hall–Kier alpha value is -2.24. The lowest BCUT2D eigenvalue weighted by Crippen LogP contribution is -2.39. The van der Waals surface area contributed by atoms with Crippen molar-refractivity contribution in [3.05, 3.63) is 48.2 Å². The lowest BCUT2D eigenvalue weighted by atomic mass is 10.0. The Bertz CT molecular complexity index is 637. The number of aldehydes is 1. The van der Waals surface area contributed by atoms with Gasteiger partial charge in [0.2, 0.25) is 0 Å². The topological polar surface area (TPSA) is 54.5 Å². The first kappa shape index (κ1) is 15.6. The van der Waals surface area contributed by atoms with Crippen LogP contribution in [0.5, 0.6) is 0 Å². The number of nitrogens with zero attached hydrogens (tertiary/aromatic N) is 2. The molecule has 0 aliphatic carbocycles. The number of ether oxygens (including phenoxy) is 1. The zero-order valence-corrected chi connectivity index (χ0v) is 13.1. The van der Waals surface area contributed by atoms with Gasteiger partial charge in [-0.05, 0) is 17.7 Å². The zero-order chi connectivity index (χ0) is 15.9. The van der Waals surface area contributed by atoms with E-state index in [0.717, 1.165) is 62.6 Å². The highest BCUT2D eigenvalue weighted by Gasteiger charge is 2.09. The Morgan fingerprint density at radius 1 is 1.17 bits per heavy atom. The number of anilines is 1. The molecule has 23 heavy (non-hydrogen) atoms. The summed E-state index contributed by atoms with van der Waals surface area (Å²) < 4.78 is 5.34. The normalized spacial score (nSPS) is 15.3. The smallest absolute Gasteiger partial charge is 0.150 e. The van der Waals surface area contributed by atoms with E-state index < -0.39 is 0 Å². The third kappa shape index (κ3) is 4.15. The van der Waals surface area contributed by atoms with Gasteiger partial charge in [0.15, 0.2) is 6.29 Å². The van der Waals surface area contributed by atoms with Gasteiger partial charge in [-0.15, -0.1) is 0 Å². The molecule has 1 aromatic heterocycles. The van der Waals surface area contributed by atoms with Gasteiger partial charge in [0.25, 0.3) is 0 Å². The van der Waals surface area contributed by atoms with Gasteiger partial charge in [0.1, 0.15) is 5.82 Å². The second-order valence-electron chi connectivity index (χ2n) is 5.52. The van der Waals surface area contributed by atoms with Crippen molar-refractivity contribution in [3.8, 4) is 11.1 Å². The molecule has 0 unspecified atom stereocenters. The van der Waals surface area contributed by atoms with Crippen molar-refractivity contribution in [1.29, 1.82) is 0 Å². The first-order chi connectivity index (χ1) is 11.4. The van der Waals surface area contributed by atoms with Gasteiger partial charge in [-0.3, -0.25) is 9.69 Å². The summed E-state index contributed by atoms with van der Waals surface area (Å²) in [5.41, 5.74) is 2.55. The molecule has 0 amide bonds. The maximum atomic E-state index is 11.1. The average molecular weight is 311 g/mol. The number of nitrogens with one attached hydrogen (secondary N) is 1. The second kappa shape index (κ2) is 7.85. The summed E-state index contributed by atoms with van der Waals surface area (Å²) in [6.07, 6.45) is 2.68. The summed E-state index contributed by atoms with van der Waals surface area (Å²) in [5, 5.41) is 3.34. The highest BCUT2D eigenvalue weighted by Crippen LogP contribution is 2.22. The number of benzene rings is 1. The molecule has 0 spiro atoms. The lowest BCUT2D eigenvalue weighted by molar-refractivity contribution is 0.0398. The van der Waals surface area contributed by atoms with E-state index in [4.69, 9.17) is 4.74 Å². The molecule has 3 rings (SSSR count). The molecular weight excluding hydrogens is 290 g/mol. The van der Waals surface area contributed by atoms with E-state index in [1.54, 1.807) is 6.20 Å². The van der Waals surface area contributed by atoms with Crippen LogP contribution in [0.3, 0.4) is 0 Å². The van der Waals surface area contributed by atoms with Crippen LogP contribution in [0.15, 0.2) is 42.6 Å². The molecular formula is C18H21N3O2. The van der Waals surface area contributed by atoms with Crippen molar-refractivity contribution >= 4 is 12.1 Å². The molecule has 1 fully saturated rings. The summed E-state index contributed by atoms with van der Waals surface area (Å²) in [5.74, 6) is 0.852. The van der Waals surface area contributed by atoms with E-state index in [-0.39, 0.29) is 0 Å². The van der Waals surface area contributed by atoms with E-state index in [9.17, 15) is 4.79 Å². The highest BCUT2D eigenvalue weighted by molar-refractivity contribution is 5.87. The molecule has 1 N–H and O–H groups in total. The van der Waals surface area contributed by atoms with Crippen LogP contribution in [0.4, 0.5) is 5.82 Å². The Balaban J connectivity index is 1.57. The quantitative estimate of drug-likeness (QED) is 0.830. The monoisotopic (exact) mass is 311 g/mol. The molecule has 0 bridgehead atoms. The molecule has 1 aromatic carbocycles. The van der Waals surface area contributed by atoms with Crippen molar-refractivity contribution in [3.63, 3.8) is 0 Å². The number of pyridine rings is 1. The maximum absolute atomic E-state index is 11.1. The standard InChI is InChI=1S/C18H21N3O2/c22-14-16-3-1-2-4-17(16)15-5-6-18(20-13-15)19-7-8-21-9-11-23-12-10-21/h1-6,13-14H,7-12H2,(H,19,20). The third-order valence-electron chi connectivity index (χ3n) is 4.00. The van der Waals surface area contributed by atoms with Gasteiger partial charge < -0.3 is 10.1 Å². The van der Waals surface area contributed by atoms with Crippen LogP contribution < -0.4 is 5.32 Å². The van der Waals surface area contributed by atoms with Crippen LogP contribution in [0.2, 0.25) is 0 Å². The summed E-state index contributed by atoms with van der Waals surface area (Å²) in [7, 11) is 0. The molecule has 5 heteroatoms. The fourth-order valence-electron chi connectivity index (χ4n) is 2.69. The molecule has 2 heterocycles. The van der Waals surface area contributed by atoms with Crippen LogP contribution in [0.25, 0.3) is 11.1 Å². The Kier molecular flexibility index (Phi) is 5.34. The third-order valence-corrected chi connectivity index (χ3v) is 4.00. The molecule has 0 radical (unpaired) electrons. The number of aromatic nitrogens is 1. The minimum absolute atomic E-state index is 0.683. The molecule has 1 aliphatic rings. The molecule has 0 atom stereocenters. The summed E-state index contributed by atoms with van der Waals surface area (Å²) in [4.78, 5) is 17.9. The van der Waals surface area contributed by atoms with Crippen LogP contribution in [-0.2, 0) is 4.74 Å². The molecule has 2 aromatic rings. The largest absolute Gasteiger partial charge is 0.379 e. The second-order valence-corrected chi connectivity index (χ2v) is 5.52. The van der Waals surface area contributed by atoms with E-state index in [2.05, 4.69) is 15.2 Å². The number of carbonyl (C=O) groups excluding carboxylic acids is 1. The predicted molar refractivity (Wildman–Crippen MR) is 90.8 cm³/mol. The van der Waals surface area contributed by atoms with E-state index in [1.165, 1.54) is 0 Å². The van der Waals surface area contributed by atoms with Gasteiger partial charge >= 0.3 is 0 Å². The number of morpholine rings is 1. The van der Waals surface area contributed by atoms with Crippen molar-refractivity contribution in [2.75, 3.05) is 44.7 Å². The predicted octanol–water partition coefficient (Wildman–Crippen LogP) is 2.31. The van der Waals surface area contributed by atoms with Gasteiger partial charge in [-0.1, -0.05) is 24.3 Å². The number of hydrogen-bond donors (Lipinski definition) is 1. The van der Waals surface area contributed by atoms with Gasteiger partial charge in [0, 0.05) is 43.5 Å². The Morgan fingerprint density at radius 3 is 2.74 bits per heavy atom. The van der Waals surface area contributed by atoms with Crippen LogP contribution >= 0.6 is 0 Å². The SMILES string of the molecule is O=Cc1ccccc1-c1ccc(NCCN2CCOCC2)nc1. The Morgan fingerprint density at radius 2 is 2.00 bits per heavy atom. The number of hydrogen-bond acceptors (Lipinski definition) is 5. The van der Waals surface area contributed by atoms with Crippen LogP contribution in [0.1, 0.15) is 10.4 Å². The number of rotatable bonds is 6. The van der Waals surface area contributed by atoms with Crippen molar-refractivity contribution in [1.82, 2.24) is 9.88 Å². The molecule has 5 nitrogen and oxygen atoms in total. The average Bonchev–Trinajstić information content (AvgIpc) is 2.63. The van der Waals surface area contributed by atoms with Crippen LogP contribution in [0, 0.1) is 0 Å². The summed E-state index contributed by atoms with van der Waals surface area (Å²) >= 11 is 0. The van der Waals surface area contributed by atoms with Gasteiger partial charge in [-0.2, -0.15) is 0 Å². The van der Waals surface area contributed by atoms with Crippen molar-refractivity contribution in [2.24, 2.45) is 0 Å². The molecule has 120 valence electrons. The Labute approximate surface area is 136 Å². The van der Waals surface area contributed by atoms with E-state index in [1.807, 2.05) is 36.4 Å². The van der Waals surface area contributed by atoms with Crippen LogP contribution in [-0.4, -0.2) is 55.6 Å². The molecule has 1 aliphatic heterocycles. The van der Waals surface area contributed by atoms with Gasteiger partial charge in [0.05, 0.1) is 13.2 Å². The minimum atomic E-state index is 0.683. The number of carbonyl (C=O) groups is 1. The van der Waals surface area contributed by atoms with E-state index >= 15 is 0 Å². The zero-order valence-electron chi connectivity index (χ0n) is 13.1. The fraction of sp³-hybridized carbons (Fsp3) is 0.333. The van der Waals surface area contributed by atoms with Gasteiger partial charge in [-0.25, -0.2) is 4.98 Å². The lowest BCUT2D eigenvalue weighted by Gasteiger charge is -2.26. The van der Waals surface area contributed by atoms with Crippen molar-refractivity contribution < 1.29 is 9.53 Å². The van der Waals surface area contributed by atoms with E-state index in [0.29, 0.717) is 5.56 Å². The summed E-state index contributed by atoms with van der Waals surface area (Å²) in [6, 6.07) is 11.5. The van der Waals surface area contributed by atoms with Crippen molar-refractivity contribution in [2.45, 2.75) is 0 Å². The molecule has 0 saturated carbocycles. The fourth-order valence-corrected chi connectivity index (χ4v) is 2.69.